The third kappa shape index (κ3) is 4.60. The lowest BCUT2D eigenvalue weighted by Crippen LogP contribution is -2.14. The number of carbonyl (C=O) groups excluding carboxylic acids is 1. The fourth-order valence-corrected chi connectivity index (χ4v) is 3.34. The van der Waals surface area contributed by atoms with Crippen LogP contribution in [0.5, 0.6) is 0 Å². The van der Waals surface area contributed by atoms with Crippen LogP contribution >= 0.6 is 0 Å². The van der Waals surface area contributed by atoms with E-state index in [1.54, 1.807) is 12.1 Å². The molecule has 1 aromatic heterocycles. The molecule has 0 aliphatic heterocycles. The molecule has 1 heterocycles. The van der Waals surface area contributed by atoms with Crippen LogP contribution in [0.1, 0.15) is 64.9 Å². The van der Waals surface area contributed by atoms with Gasteiger partial charge in [0.05, 0.1) is 5.52 Å². The topological polar surface area (TPSA) is 30.0 Å². The van der Waals surface area contributed by atoms with E-state index >= 15 is 0 Å². The number of hydrogen-bond donors (Lipinski definition) is 0. The molecule has 1 aliphatic carbocycles. The number of benzene rings is 1. The lowest BCUT2D eigenvalue weighted by atomic mass is 9.77. The Morgan fingerprint density at radius 2 is 1.87 bits per heavy atom. The predicted molar refractivity (Wildman–Crippen MR) is 95.2 cm³/mol. The van der Waals surface area contributed by atoms with Gasteiger partial charge in [-0.3, -0.25) is 4.98 Å². The molecule has 1 aliphatic rings. The van der Waals surface area contributed by atoms with Gasteiger partial charge in [0, 0.05) is 18.0 Å². The van der Waals surface area contributed by atoms with Gasteiger partial charge in [0.1, 0.15) is 12.1 Å². The highest BCUT2D eigenvalue weighted by Gasteiger charge is 2.23. The van der Waals surface area contributed by atoms with Gasteiger partial charge in [-0.1, -0.05) is 21.3 Å². The summed E-state index contributed by atoms with van der Waals surface area (Å²) in [6, 6.07) is 6.81. The molecule has 0 spiro atoms. The van der Waals surface area contributed by atoms with Crippen LogP contribution in [0.2, 0.25) is 0 Å². The standard InChI is InChI=1S/C17H18FNO.C2H6.CH4/c18-14-5-6-17-16(11-14)15(7-9-19-17)13-3-1-12(2-4-13)8-10-20;1-2;/h5-7,9-13H,1-4,8H2;1-2H3;1H4. The molecule has 2 nitrogen and oxygen atoms in total. The van der Waals surface area contributed by atoms with E-state index in [0.717, 1.165) is 42.9 Å². The number of halogens is 1. The average Bonchev–Trinajstić information content (AvgIpc) is 2.57. The number of fused-ring (bicyclic) bond motifs is 1. The van der Waals surface area contributed by atoms with Crippen LogP contribution in [0.25, 0.3) is 10.9 Å². The first-order chi connectivity index (χ1) is 10.8. The summed E-state index contributed by atoms with van der Waals surface area (Å²) in [5, 5.41) is 0.936. The zero-order valence-electron chi connectivity index (χ0n) is 13.4. The number of aldehydes is 1. The quantitative estimate of drug-likeness (QED) is 0.660. The van der Waals surface area contributed by atoms with Gasteiger partial charge < -0.3 is 4.79 Å². The summed E-state index contributed by atoms with van der Waals surface area (Å²) < 4.78 is 13.5. The predicted octanol–water partition coefficient (Wildman–Crippen LogP) is 5.90. The van der Waals surface area contributed by atoms with Crippen molar-refractivity contribution >= 4 is 17.2 Å². The molecule has 0 amide bonds. The Bertz CT molecular complexity index is 618. The molecule has 1 aromatic carbocycles. The minimum atomic E-state index is -0.207. The maximum absolute atomic E-state index is 13.5. The number of hydrogen-bond acceptors (Lipinski definition) is 2. The summed E-state index contributed by atoms with van der Waals surface area (Å²) in [5.41, 5.74) is 2.07. The minimum Gasteiger partial charge on any atom is -0.303 e. The second kappa shape index (κ2) is 9.39. The summed E-state index contributed by atoms with van der Waals surface area (Å²) in [5.74, 6) is 0.792. The van der Waals surface area contributed by atoms with Crippen molar-refractivity contribution in [1.29, 1.82) is 0 Å². The van der Waals surface area contributed by atoms with E-state index < -0.39 is 0 Å². The molecule has 3 heteroatoms. The van der Waals surface area contributed by atoms with Crippen LogP contribution in [0, 0.1) is 11.7 Å². The Hall–Kier alpha value is -1.77. The third-order valence-corrected chi connectivity index (χ3v) is 4.45. The highest BCUT2D eigenvalue weighted by atomic mass is 19.1. The first-order valence-corrected chi connectivity index (χ1v) is 8.25. The average molecular weight is 317 g/mol. The highest BCUT2D eigenvalue weighted by molar-refractivity contribution is 5.82. The molecule has 0 N–H and O–H groups in total. The van der Waals surface area contributed by atoms with Crippen LogP contribution in [-0.2, 0) is 4.79 Å². The van der Waals surface area contributed by atoms with Crippen LogP contribution in [0.4, 0.5) is 4.39 Å². The lowest BCUT2D eigenvalue weighted by molar-refractivity contribution is -0.108. The first kappa shape index (κ1) is 19.3. The number of aromatic nitrogens is 1. The zero-order chi connectivity index (χ0) is 15.9. The SMILES string of the molecule is C.CC.O=CCC1CCC(c2ccnc3ccc(F)cc23)CC1. The van der Waals surface area contributed by atoms with E-state index in [0.29, 0.717) is 18.3 Å². The molecular formula is C20H28FNO. The van der Waals surface area contributed by atoms with Gasteiger partial charge in [0.15, 0.2) is 0 Å². The molecule has 1 fully saturated rings. The van der Waals surface area contributed by atoms with Gasteiger partial charge in [0.25, 0.3) is 0 Å². The van der Waals surface area contributed by atoms with Crippen molar-refractivity contribution in [2.75, 3.05) is 0 Å². The van der Waals surface area contributed by atoms with Crippen molar-refractivity contribution in [2.45, 2.75) is 59.3 Å². The highest BCUT2D eigenvalue weighted by Crippen LogP contribution is 2.39. The van der Waals surface area contributed by atoms with Gasteiger partial charge in [-0.05, 0) is 67.3 Å². The minimum absolute atomic E-state index is 0. The number of pyridine rings is 1. The van der Waals surface area contributed by atoms with E-state index in [1.807, 2.05) is 26.1 Å². The van der Waals surface area contributed by atoms with Crippen LogP contribution < -0.4 is 0 Å². The molecule has 0 bridgehead atoms. The second-order valence-electron chi connectivity index (χ2n) is 5.68. The smallest absolute Gasteiger partial charge is 0.123 e. The third-order valence-electron chi connectivity index (χ3n) is 4.45. The molecule has 3 rings (SSSR count). The van der Waals surface area contributed by atoms with Crippen molar-refractivity contribution in [3.63, 3.8) is 0 Å². The maximum atomic E-state index is 13.5. The van der Waals surface area contributed by atoms with Gasteiger partial charge in [-0.2, -0.15) is 0 Å². The Morgan fingerprint density at radius 3 is 2.52 bits per heavy atom. The molecule has 0 unspecified atom stereocenters. The fraction of sp³-hybridized carbons (Fsp3) is 0.500. The number of nitrogens with zero attached hydrogens (tertiary/aromatic N) is 1. The van der Waals surface area contributed by atoms with Crippen molar-refractivity contribution in [2.24, 2.45) is 5.92 Å². The first-order valence-electron chi connectivity index (χ1n) is 8.25. The summed E-state index contributed by atoms with van der Waals surface area (Å²) in [6.07, 6.45) is 7.85. The van der Waals surface area contributed by atoms with Crippen LogP contribution in [0.15, 0.2) is 30.5 Å². The summed E-state index contributed by atoms with van der Waals surface area (Å²) >= 11 is 0. The van der Waals surface area contributed by atoms with Gasteiger partial charge >= 0.3 is 0 Å². The van der Waals surface area contributed by atoms with Crippen LogP contribution in [0.3, 0.4) is 0 Å². The molecule has 126 valence electrons. The van der Waals surface area contributed by atoms with Gasteiger partial charge in [-0.15, -0.1) is 0 Å². The Kier molecular flexibility index (Phi) is 7.87. The van der Waals surface area contributed by atoms with Crippen molar-refractivity contribution in [3.8, 4) is 0 Å². The monoisotopic (exact) mass is 317 g/mol. The fourth-order valence-electron chi connectivity index (χ4n) is 3.34. The maximum Gasteiger partial charge on any atom is 0.123 e. The van der Waals surface area contributed by atoms with E-state index in [9.17, 15) is 9.18 Å². The summed E-state index contributed by atoms with van der Waals surface area (Å²) in [4.78, 5) is 14.9. The van der Waals surface area contributed by atoms with Crippen molar-refractivity contribution in [1.82, 2.24) is 4.98 Å². The largest absolute Gasteiger partial charge is 0.303 e. The molecule has 0 saturated heterocycles. The zero-order valence-corrected chi connectivity index (χ0v) is 13.4. The van der Waals surface area contributed by atoms with Crippen molar-refractivity contribution < 1.29 is 9.18 Å². The van der Waals surface area contributed by atoms with Crippen LogP contribution in [-0.4, -0.2) is 11.3 Å². The van der Waals surface area contributed by atoms with E-state index in [4.69, 9.17) is 0 Å². The van der Waals surface area contributed by atoms with Crippen molar-refractivity contribution in [3.05, 3.63) is 41.8 Å². The molecule has 0 radical (unpaired) electrons. The Balaban J connectivity index is 0.000000849. The van der Waals surface area contributed by atoms with E-state index in [2.05, 4.69) is 4.98 Å². The number of rotatable bonds is 3. The molecule has 1 saturated carbocycles. The summed E-state index contributed by atoms with van der Waals surface area (Å²) in [6.45, 7) is 4.00. The Morgan fingerprint density at radius 1 is 1.17 bits per heavy atom. The number of carbonyl (C=O) groups is 1. The lowest BCUT2D eigenvalue weighted by Gasteiger charge is -2.28. The molecule has 23 heavy (non-hydrogen) atoms. The van der Waals surface area contributed by atoms with Gasteiger partial charge in [0.2, 0.25) is 0 Å². The molecule has 0 atom stereocenters. The Labute approximate surface area is 139 Å². The second-order valence-corrected chi connectivity index (χ2v) is 5.68. The molecular weight excluding hydrogens is 289 g/mol. The normalized spacial score (nSPS) is 20.1. The molecule has 2 aromatic rings. The summed E-state index contributed by atoms with van der Waals surface area (Å²) in [7, 11) is 0. The van der Waals surface area contributed by atoms with E-state index in [-0.39, 0.29) is 13.2 Å². The van der Waals surface area contributed by atoms with E-state index in [1.165, 1.54) is 11.6 Å². The van der Waals surface area contributed by atoms with Gasteiger partial charge in [-0.25, -0.2) is 4.39 Å².